The molecule has 0 unspecified atom stereocenters. The summed E-state index contributed by atoms with van der Waals surface area (Å²) in [4.78, 5) is 34.0. The maximum absolute atomic E-state index is 13.9. The van der Waals surface area contributed by atoms with Crippen molar-refractivity contribution < 1.29 is 14.0 Å². The van der Waals surface area contributed by atoms with E-state index in [1.54, 1.807) is 23.9 Å². The van der Waals surface area contributed by atoms with Crippen LogP contribution in [0.25, 0.3) is 0 Å². The van der Waals surface area contributed by atoms with Crippen LogP contribution >= 0.6 is 39.5 Å². The minimum atomic E-state index is -0.830. The summed E-state index contributed by atoms with van der Waals surface area (Å²) < 4.78 is 14.3. The summed E-state index contributed by atoms with van der Waals surface area (Å²) in [5, 5.41) is 5.76. The van der Waals surface area contributed by atoms with Crippen molar-refractivity contribution in [1.82, 2.24) is 15.3 Å². The lowest BCUT2D eigenvalue weighted by molar-refractivity contribution is -0.118. The molecule has 1 aromatic heterocycles. The highest BCUT2D eigenvalue weighted by Gasteiger charge is 2.24. The maximum Gasteiger partial charge on any atom is 0.271 e. The zero-order valence-corrected chi connectivity index (χ0v) is 19.3. The van der Waals surface area contributed by atoms with Crippen LogP contribution in [0.5, 0.6) is 0 Å². The molecule has 0 radical (unpaired) electrons. The first-order chi connectivity index (χ1) is 14.0. The number of benzene rings is 1. The number of rotatable bonds is 10. The summed E-state index contributed by atoms with van der Waals surface area (Å²) in [7, 11) is 0. The van der Waals surface area contributed by atoms with Crippen LogP contribution in [-0.4, -0.2) is 45.6 Å². The van der Waals surface area contributed by atoms with Crippen molar-refractivity contribution in [1.29, 1.82) is 0 Å². The highest BCUT2D eigenvalue weighted by molar-refractivity contribution is 9.10. The lowest BCUT2D eigenvalue weighted by Gasteiger charge is -2.18. The fraction of sp³-hybridized carbons (Fsp3) is 0.368. The van der Waals surface area contributed by atoms with E-state index in [-0.39, 0.29) is 11.4 Å². The van der Waals surface area contributed by atoms with Crippen molar-refractivity contribution in [3.8, 4) is 0 Å². The van der Waals surface area contributed by atoms with Crippen molar-refractivity contribution in [3.05, 3.63) is 46.4 Å². The lowest BCUT2D eigenvalue weighted by Crippen LogP contribution is -2.44. The number of nitrogens with one attached hydrogen (secondary N) is 2. The molecule has 0 bridgehead atoms. The Morgan fingerprint density at radius 1 is 1.28 bits per heavy atom. The molecule has 1 heterocycles. The second-order valence-corrected chi connectivity index (χ2v) is 8.88. The van der Waals surface area contributed by atoms with Crippen molar-refractivity contribution >= 4 is 57.0 Å². The summed E-state index contributed by atoms with van der Waals surface area (Å²) in [6.45, 7) is 2.05. The molecule has 2 rings (SSSR count). The average molecular weight is 501 g/mol. The second-order valence-electron chi connectivity index (χ2n) is 5.97. The number of hydrogen-bond donors (Lipinski definition) is 2. The van der Waals surface area contributed by atoms with Gasteiger partial charge in [0.15, 0.2) is 5.16 Å². The molecular formula is C19H22BrFN4O2S2. The van der Waals surface area contributed by atoms with Gasteiger partial charge in [-0.1, -0.05) is 30.8 Å². The number of anilines is 1. The summed E-state index contributed by atoms with van der Waals surface area (Å²) >= 11 is 6.30. The number of carbonyl (C=O) groups excluding carboxylic acids is 2. The maximum atomic E-state index is 13.9. The summed E-state index contributed by atoms with van der Waals surface area (Å²) in [6.07, 6.45) is 4.79. The molecule has 0 aliphatic carbocycles. The topological polar surface area (TPSA) is 84.0 Å². The van der Waals surface area contributed by atoms with Gasteiger partial charge in [0.1, 0.15) is 17.6 Å². The van der Waals surface area contributed by atoms with Crippen molar-refractivity contribution in [2.75, 3.05) is 23.1 Å². The second kappa shape index (κ2) is 12.1. The van der Waals surface area contributed by atoms with Gasteiger partial charge in [-0.2, -0.15) is 11.8 Å². The van der Waals surface area contributed by atoms with Gasteiger partial charge in [-0.25, -0.2) is 14.4 Å². The van der Waals surface area contributed by atoms with Crippen molar-refractivity contribution in [3.63, 3.8) is 0 Å². The lowest BCUT2D eigenvalue weighted by atomic mass is 10.2. The third-order valence-corrected chi connectivity index (χ3v) is 6.03. The first kappa shape index (κ1) is 23.6. The molecule has 0 aliphatic heterocycles. The zero-order chi connectivity index (χ0) is 21.2. The first-order valence-electron chi connectivity index (χ1n) is 8.96. The molecule has 6 nitrogen and oxygen atoms in total. The third-order valence-electron chi connectivity index (χ3n) is 3.74. The molecule has 0 aliphatic rings. The van der Waals surface area contributed by atoms with Gasteiger partial charge in [-0.3, -0.25) is 9.59 Å². The van der Waals surface area contributed by atoms with Crippen molar-refractivity contribution in [2.24, 2.45) is 0 Å². The highest BCUT2D eigenvalue weighted by atomic mass is 79.9. The molecule has 1 aromatic carbocycles. The van der Waals surface area contributed by atoms with E-state index in [9.17, 15) is 14.0 Å². The number of halogens is 2. The van der Waals surface area contributed by atoms with Crippen LogP contribution in [-0.2, 0) is 4.79 Å². The van der Waals surface area contributed by atoms with Gasteiger partial charge in [0.25, 0.3) is 5.91 Å². The summed E-state index contributed by atoms with van der Waals surface area (Å²) in [6, 6.07) is 5.07. The Bertz CT molecular complexity index is 857. The van der Waals surface area contributed by atoms with Crippen LogP contribution in [0.4, 0.5) is 10.1 Å². The summed E-state index contributed by atoms with van der Waals surface area (Å²) in [5.74, 6) is -0.0231. The SMILES string of the molecule is CCCSc1ncc(Br)c(C(=O)N[C@H](CCSC)C(=O)Nc2ccccc2F)n1. The van der Waals surface area contributed by atoms with E-state index in [1.807, 2.05) is 13.2 Å². The Balaban J connectivity index is 2.15. The number of aromatic nitrogens is 2. The van der Waals surface area contributed by atoms with E-state index in [4.69, 9.17) is 0 Å². The Kier molecular flexibility index (Phi) is 9.89. The number of hydrogen-bond acceptors (Lipinski definition) is 6. The molecule has 29 heavy (non-hydrogen) atoms. The molecule has 10 heteroatoms. The Labute approximate surface area is 186 Å². The molecule has 0 fully saturated rings. The Morgan fingerprint density at radius 2 is 2.03 bits per heavy atom. The van der Waals surface area contributed by atoms with E-state index in [1.165, 1.54) is 30.1 Å². The highest BCUT2D eigenvalue weighted by Crippen LogP contribution is 2.20. The minimum Gasteiger partial charge on any atom is -0.339 e. The number of amides is 2. The van der Waals surface area contributed by atoms with Gasteiger partial charge >= 0.3 is 0 Å². The molecule has 156 valence electrons. The van der Waals surface area contributed by atoms with E-state index >= 15 is 0 Å². The standard InChI is InChI=1S/C19H22BrFN4O2S2/c1-3-9-29-19-22-11-12(20)16(25-19)18(27)24-15(8-10-28-2)17(26)23-14-7-5-4-6-13(14)21/h4-7,11,15H,3,8-10H2,1-2H3,(H,23,26)(H,24,27)/t15-/m1/s1. The molecular weight excluding hydrogens is 479 g/mol. The van der Waals surface area contributed by atoms with Crippen LogP contribution in [0, 0.1) is 5.82 Å². The monoisotopic (exact) mass is 500 g/mol. The fourth-order valence-electron chi connectivity index (χ4n) is 2.29. The fourth-order valence-corrected chi connectivity index (χ4v) is 3.80. The molecule has 0 spiro atoms. The van der Waals surface area contributed by atoms with Crippen LogP contribution < -0.4 is 10.6 Å². The predicted octanol–water partition coefficient (Wildman–Crippen LogP) is 4.37. The number of thioether (sulfide) groups is 2. The third kappa shape index (κ3) is 7.27. The number of nitrogens with zero attached hydrogens (tertiary/aromatic N) is 2. The van der Waals surface area contributed by atoms with Crippen LogP contribution in [0.3, 0.4) is 0 Å². The van der Waals surface area contributed by atoms with E-state index < -0.39 is 23.7 Å². The summed E-state index contributed by atoms with van der Waals surface area (Å²) in [5.41, 5.74) is 0.230. The van der Waals surface area contributed by atoms with E-state index in [0.29, 0.717) is 21.8 Å². The quantitative estimate of drug-likeness (QED) is 0.372. The Morgan fingerprint density at radius 3 is 2.72 bits per heavy atom. The van der Waals surface area contributed by atoms with Gasteiger partial charge < -0.3 is 10.6 Å². The van der Waals surface area contributed by atoms with Gasteiger partial charge in [0, 0.05) is 11.9 Å². The van der Waals surface area contributed by atoms with Crippen LogP contribution in [0.1, 0.15) is 30.3 Å². The largest absolute Gasteiger partial charge is 0.339 e. The van der Waals surface area contributed by atoms with E-state index in [0.717, 1.165) is 12.2 Å². The van der Waals surface area contributed by atoms with Crippen LogP contribution in [0.15, 0.2) is 40.1 Å². The van der Waals surface area contributed by atoms with Gasteiger partial charge in [-0.15, -0.1) is 0 Å². The smallest absolute Gasteiger partial charge is 0.271 e. The molecule has 2 aromatic rings. The number of para-hydroxylation sites is 1. The molecule has 2 amide bonds. The number of carbonyl (C=O) groups is 2. The van der Waals surface area contributed by atoms with Gasteiger partial charge in [0.05, 0.1) is 10.2 Å². The molecule has 0 saturated heterocycles. The molecule has 0 saturated carbocycles. The van der Waals surface area contributed by atoms with Gasteiger partial charge in [0.2, 0.25) is 5.91 Å². The van der Waals surface area contributed by atoms with Crippen molar-refractivity contribution in [2.45, 2.75) is 31.0 Å². The zero-order valence-electron chi connectivity index (χ0n) is 16.1. The van der Waals surface area contributed by atoms with Crippen LogP contribution in [0.2, 0.25) is 0 Å². The Hall–Kier alpha value is -1.65. The first-order valence-corrected chi connectivity index (χ1v) is 12.1. The average Bonchev–Trinajstić information content (AvgIpc) is 2.71. The van der Waals surface area contributed by atoms with E-state index in [2.05, 4.69) is 36.5 Å². The van der Waals surface area contributed by atoms with Gasteiger partial charge in [-0.05, 0) is 52.9 Å². The molecule has 2 N–H and O–H groups in total. The predicted molar refractivity (Wildman–Crippen MR) is 120 cm³/mol. The minimum absolute atomic E-state index is 0.0716. The molecule has 1 atom stereocenters. The normalized spacial score (nSPS) is 11.7.